The van der Waals surface area contributed by atoms with Crippen LogP contribution in [0.2, 0.25) is 5.02 Å². The molecule has 2 aromatic rings. The topological polar surface area (TPSA) is 30.7 Å². The molecule has 0 spiro atoms. The van der Waals surface area contributed by atoms with Gasteiger partial charge >= 0.3 is 0 Å². The van der Waals surface area contributed by atoms with E-state index in [0.29, 0.717) is 11.1 Å². The average molecular weight is 316 g/mol. The summed E-state index contributed by atoms with van der Waals surface area (Å²) in [5.74, 6) is 3.25. The summed E-state index contributed by atoms with van der Waals surface area (Å²) in [6, 6.07) is 2.30. The van der Waals surface area contributed by atoms with Crippen molar-refractivity contribution in [3.63, 3.8) is 0 Å². The van der Waals surface area contributed by atoms with E-state index >= 15 is 0 Å². The Hall–Kier alpha value is -0.450. The number of rotatable bonds is 2. The van der Waals surface area contributed by atoms with Crippen molar-refractivity contribution >= 4 is 46.1 Å². The van der Waals surface area contributed by atoms with Crippen LogP contribution in [0.3, 0.4) is 0 Å². The summed E-state index contributed by atoms with van der Waals surface area (Å²) >= 11 is 14.3. The van der Waals surface area contributed by atoms with Gasteiger partial charge in [0.05, 0.1) is 10.4 Å². The Balaban J connectivity index is 2.15. The molecule has 1 saturated heterocycles. The molecule has 0 amide bonds. The molecular weight excluding hydrogens is 301 g/mol. The first-order chi connectivity index (χ1) is 9.16. The predicted molar refractivity (Wildman–Crippen MR) is 82.4 cm³/mol. The summed E-state index contributed by atoms with van der Waals surface area (Å²) in [6.07, 6.45) is 4.08. The van der Waals surface area contributed by atoms with Gasteiger partial charge in [0.1, 0.15) is 11.3 Å². The van der Waals surface area contributed by atoms with Gasteiger partial charge in [0.25, 0.3) is 0 Å². The predicted octanol–water partition coefficient (Wildman–Crippen LogP) is 4.45. The first-order valence-corrected chi connectivity index (χ1v) is 8.39. The highest BCUT2D eigenvalue weighted by molar-refractivity contribution is 7.99. The number of hydrogen-bond donors (Lipinski definition) is 0. The molecule has 6 heteroatoms. The first kappa shape index (κ1) is 13.5. The maximum Gasteiger partial charge on any atom is 0.160 e. The molecule has 0 bridgehead atoms. The minimum absolute atomic E-state index is 0.125. The van der Waals surface area contributed by atoms with E-state index in [2.05, 4.69) is 14.5 Å². The molecule has 3 nitrogen and oxygen atoms in total. The fourth-order valence-corrected chi connectivity index (χ4v) is 3.97. The maximum atomic E-state index is 6.29. The molecule has 2 unspecified atom stereocenters. The molecule has 0 aromatic carbocycles. The van der Waals surface area contributed by atoms with Crippen LogP contribution in [-0.2, 0) is 0 Å². The third-order valence-electron chi connectivity index (χ3n) is 3.38. The van der Waals surface area contributed by atoms with Crippen LogP contribution in [0.15, 0.2) is 12.3 Å². The zero-order chi connectivity index (χ0) is 13.4. The van der Waals surface area contributed by atoms with Gasteiger partial charge in [-0.25, -0.2) is 9.97 Å². The van der Waals surface area contributed by atoms with Gasteiger partial charge in [0.15, 0.2) is 5.65 Å². The lowest BCUT2D eigenvalue weighted by molar-refractivity contribution is 0.491. The standard InChI is InChI=1S/C13H15Cl2N3S/c1-8(14)12-17-11-5-9(15)6-16-13(11)18(12)10-3-2-4-19-7-10/h5-6,8,10H,2-4,7H2,1H3. The summed E-state index contributed by atoms with van der Waals surface area (Å²) in [6.45, 7) is 1.96. The van der Waals surface area contributed by atoms with Crippen LogP contribution in [-0.4, -0.2) is 26.0 Å². The molecule has 3 heterocycles. The summed E-state index contributed by atoms with van der Waals surface area (Å²) in [4.78, 5) is 9.08. The molecule has 2 atom stereocenters. The summed E-state index contributed by atoms with van der Waals surface area (Å²) in [5.41, 5.74) is 1.74. The number of halogens is 2. The number of aromatic nitrogens is 3. The number of fused-ring (bicyclic) bond motifs is 1. The smallest absolute Gasteiger partial charge is 0.160 e. The van der Waals surface area contributed by atoms with E-state index < -0.39 is 0 Å². The van der Waals surface area contributed by atoms with Crippen LogP contribution in [0, 0.1) is 0 Å². The van der Waals surface area contributed by atoms with E-state index in [0.717, 1.165) is 22.7 Å². The van der Waals surface area contributed by atoms with Gasteiger partial charge in [0, 0.05) is 18.0 Å². The zero-order valence-corrected chi connectivity index (χ0v) is 13.0. The van der Waals surface area contributed by atoms with Crippen LogP contribution < -0.4 is 0 Å². The van der Waals surface area contributed by atoms with Crippen molar-refractivity contribution in [3.8, 4) is 0 Å². The number of nitrogens with zero attached hydrogens (tertiary/aromatic N) is 3. The Kier molecular flexibility index (Phi) is 3.92. The molecule has 3 rings (SSSR count). The van der Waals surface area contributed by atoms with Crippen molar-refractivity contribution in [1.29, 1.82) is 0 Å². The molecule has 1 fully saturated rings. The lowest BCUT2D eigenvalue weighted by Gasteiger charge is -2.25. The third-order valence-corrected chi connectivity index (χ3v) is 4.98. The second-order valence-corrected chi connectivity index (χ2v) is 7.06. The van der Waals surface area contributed by atoms with Gasteiger partial charge in [-0.15, -0.1) is 11.6 Å². The molecule has 102 valence electrons. The normalized spacial score (nSPS) is 21.7. The van der Waals surface area contributed by atoms with Crippen LogP contribution in [0.4, 0.5) is 0 Å². The second-order valence-electron chi connectivity index (χ2n) is 4.82. The maximum absolute atomic E-state index is 6.29. The molecule has 1 aliphatic rings. The Morgan fingerprint density at radius 1 is 1.53 bits per heavy atom. The Bertz CT molecular complexity index is 591. The fraction of sp³-hybridized carbons (Fsp3) is 0.538. The third kappa shape index (κ3) is 2.58. The molecule has 0 aliphatic carbocycles. The molecular formula is C13H15Cl2N3S. The fourth-order valence-electron chi connectivity index (χ4n) is 2.54. The monoisotopic (exact) mass is 315 g/mol. The second kappa shape index (κ2) is 5.51. The Labute approximate surface area is 126 Å². The molecule has 2 aromatic heterocycles. The lowest BCUT2D eigenvalue weighted by atomic mass is 10.2. The summed E-state index contributed by atoms with van der Waals surface area (Å²) < 4.78 is 2.22. The SMILES string of the molecule is CC(Cl)c1nc2cc(Cl)cnc2n1C1CCCSC1. The van der Waals surface area contributed by atoms with Gasteiger partial charge in [-0.05, 0) is 31.6 Å². The van der Waals surface area contributed by atoms with Crippen LogP contribution in [0.1, 0.15) is 37.0 Å². The van der Waals surface area contributed by atoms with Crippen LogP contribution in [0.5, 0.6) is 0 Å². The van der Waals surface area contributed by atoms with Crippen molar-refractivity contribution < 1.29 is 0 Å². The van der Waals surface area contributed by atoms with Crippen molar-refractivity contribution in [2.24, 2.45) is 0 Å². The van der Waals surface area contributed by atoms with Crippen molar-refractivity contribution in [2.75, 3.05) is 11.5 Å². The molecule has 0 saturated carbocycles. The molecule has 1 aliphatic heterocycles. The molecule has 19 heavy (non-hydrogen) atoms. The minimum Gasteiger partial charge on any atom is -0.308 e. The van der Waals surface area contributed by atoms with Gasteiger partial charge in [0.2, 0.25) is 0 Å². The first-order valence-electron chi connectivity index (χ1n) is 6.42. The van der Waals surface area contributed by atoms with Crippen molar-refractivity contribution in [3.05, 3.63) is 23.1 Å². The van der Waals surface area contributed by atoms with E-state index in [1.165, 1.54) is 18.6 Å². The van der Waals surface area contributed by atoms with Crippen LogP contribution >= 0.6 is 35.0 Å². The highest BCUT2D eigenvalue weighted by Crippen LogP contribution is 2.34. The van der Waals surface area contributed by atoms with Crippen LogP contribution in [0.25, 0.3) is 11.2 Å². The summed E-state index contributed by atoms with van der Waals surface area (Å²) in [5, 5.41) is 0.490. The Morgan fingerprint density at radius 2 is 2.37 bits per heavy atom. The van der Waals surface area contributed by atoms with Gasteiger partial charge in [-0.3, -0.25) is 0 Å². The van der Waals surface area contributed by atoms with Gasteiger partial charge in [-0.2, -0.15) is 11.8 Å². The van der Waals surface area contributed by atoms with Crippen molar-refractivity contribution in [1.82, 2.24) is 14.5 Å². The van der Waals surface area contributed by atoms with Gasteiger partial charge < -0.3 is 4.57 Å². The van der Waals surface area contributed by atoms with E-state index in [9.17, 15) is 0 Å². The number of alkyl halides is 1. The zero-order valence-electron chi connectivity index (χ0n) is 10.6. The highest BCUT2D eigenvalue weighted by Gasteiger charge is 2.24. The number of thioether (sulfide) groups is 1. The van der Waals surface area contributed by atoms with Gasteiger partial charge in [-0.1, -0.05) is 11.6 Å². The summed E-state index contributed by atoms with van der Waals surface area (Å²) in [7, 11) is 0. The largest absolute Gasteiger partial charge is 0.308 e. The quantitative estimate of drug-likeness (QED) is 0.767. The lowest BCUT2D eigenvalue weighted by Crippen LogP contribution is -2.19. The number of imidazole rings is 1. The average Bonchev–Trinajstić information content (AvgIpc) is 2.78. The molecule has 0 N–H and O–H groups in total. The minimum atomic E-state index is -0.125. The highest BCUT2D eigenvalue weighted by atomic mass is 35.5. The molecule has 0 radical (unpaired) electrons. The van der Waals surface area contributed by atoms with E-state index in [1.54, 1.807) is 6.20 Å². The van der Waals surface area contributed by atoms with Crippen molar-refractivity contribution in [2.45, 2.75) is 31.2 Å². The number of hydrogen-bond acceptors (Lipinski definition) is 3. The van der Waals surface area contributed by atoms with E-state index in [4.69, 9.17) is 23.2 Å². The Morgan fingerprint density at radius 3 is 3.05 bits per heavy atom. The van der Waals surface area contributed by atoms with E-state index in [1.807, 2.05) is 24.8 Å². The van der Waals surface area contributed by atoms with E-state index in [-0.39, 0.29) is 5.38 Å². The number of pyridine rings is 1.